The van der Waals surface area contributed by atoms with Crippen molar-refractivity contribution in [2.24, 2.45) is 0 Å². The van der Waals surface area contributed by atoms with Crippen LogP contribution in [-0.2, 0) is 16.6 Å². The van der Waals surface area contributed by atoms with Gasteiger partial charge in [0.05, 0.1) is 0 Å². The largest absolute Gasteiger partial charge is 0.312 e. The molecule has 0 amide bonds. The van der Waals surface area contributed by atoms with Crippen molar-refractivity contribution in [2.45, 2.75) is 62.2 Å². The van der Waals surface area contributed by atoms with E-state index in [4.69, 9.17) is 0 Å². The quantitative estimate of drug-likeness (QED) is 0.761. The van der Waals surface area contributed by atoms with Gasteiger partial charge in [-0.2, -0.15) is 0 Å². The molecular weight excluding hydrogens is 292 g/mol. The lowest BCUT2D eigenvalue weighted by Crippen LogP contribution is -2.43. The maximum absolute atomic E-state index is 12.4. The minimum absolute atomic E-state index is 0.260. The number of rotatable bonds is 7. The van der Waals surface area contributed by atoms with E-state index >= 15 is 0 Å². The molecule has 1 aromatic rings. The molecule has 0 bridgehead atoms. The molecule has 1 aromatic heterocycles. The molecule has 0 aliphatic heterocycles. The van der Waals surface area contributed by atoms with Crippen molar-refractivity contribution in [2.75, 3.05) is 6.54 Å². The van der Waals surface area contributed by atoms with E-state index in [-0.39, 0.29) is 5.54 Å². The van der Waals surface area contributed by atoms with E-state index in [2.05, 4.69) is 17.0 Å². The molecule has 0 aromatic carbocycles. The third-order valence-electron chi connectivity index (χ3n) is 3.72. The Hall–Kier alpha value is -0.430. The highest BCUT2D eigenvalue weighted by atomic mass is 32.2. The van der Waals surface area contributed by atoms with Gasteiger partial charge in [-0.1, -0.05) is 19.8 Å². The van der Waals surface area contributed by atoms with Crippen LogP contribution in [0.3, 0.4) is 0 Å². The van der Waals surface area contributed by atoms with E-state index in [0.717, 1.165) is 50.1 Å². The molecule has 0 radical (unpaired) electrons. The van der Waals surface area contributed by atoms with Crippen LogP contribution in [0.5, 0.6) is 0 Å². The summed E-state index contributed by atoms with van der Waals surface area (Å²) < 4.78 is 28.2. The molecule has 2 N–H and O–H groups in total. The molecule has 114 valence electrons. The third kappa shape index (κ3) is 4.04. The predicted octanol–water partition coefficient (Wildman–Crippen LogP) is 2.86. The molecule has 0 unspecified atom stereocenters. The summed E-state index contributed by atoms with van der Waals surface area (Å²) in [5, 5.41) is 3.29. The van der Waals surface area contributed by atoms with Crippen LogP contribution in [0.1, 0.15) is 50.8 Å². The van der Waals surface area contributed by atoms with Gasteiger partial charge in [0.2, 0.25) is 0 Å². The van der Waals surface area contributed by atoms with Crippen LogP contribution in [0.2, 0.25) is 0 Å². The average molecular weight is 316 g/mol. The van der Waals surface area contributed by atoms with E-state index in [9.17, 15) is 8.42 Å². The Kier molecular flexibility index (Phi) is 5.23. The normalized spacial score (nSPS) is 18.5. The second kappa shape index (κ2) is 6.56. The van der Waals surface area contributed by atoms with Crippen molar-refractivity contribution in [1.82, 2.24) is 10.0 Å². The summed E-state index contributed by atoms with van der Waals surface area (Å²) in [4.78, 5) is 1.07. The van der Waals surface area contributed by atoms with Crippen LogP contribution < -0.4 is 10.0 Å². The van der Waals surface area contributed by atoms with Crippen molar-refractivity contribution in [1.29, 1.82) is 0 Å². The first-order valence-corrected chi connectivity index (χ1v) is 9.59. The molecule has 0 saturated heterocycles. The fraction of sp³-hybridized carbons (Fsp3) is 0.714. The lowest BCUT2D eigenvalue weighted by Gasteiger charge is -2.24. The molecule has 0 atom stereocenters. The van der Waals surface area contributed by atoms with Gasteiger partial charge in [0.25, 0.3) is 10.0 Å². The first-order valence-electron chi connectivity index (χ1n) is 7.29. The van der Waals surface area contributed by atoms with Gasteiger partial charge in [0.15, 0.2) is 0 Å². The topological polar surface area (TPSA) is 58.2 Å². The molecule has 1 heterocycles. The van der Waals surface area contributed by atoms with E-state index in [1.54, 1.807) is 6.07 Å². The van der Waals surface area contributed by atoms with E-state index in [1.807, 2.05) is 13.0 Å². The number of sulfonamides is 1. The minimum atomic E-state index is -3.37. The molecule has 20 heavy (non-hydrogen) atoms. The number of hydrogen-bond acceptors (Lipinski definition) is 4. The summed E-state index contributed by atoms with van der Waals surface area (Å²) >= 11 is 1.36. The van der Waals surface area contributed by atoms with Gasteiger partial charge >= 0.3 is 0 Å². The van der Waals surface area contributed by atoms with Gasteiger partial charge in [-0.05, 0) is 44.9 Å². The smallest absolute Gasteiger partial charge is 0.250 e. The Balaban J connectivity index is 2.02. The highest BCUT2D eigenvalue weighted by Crippen LogP contribution is 2.31. The molecular formula is C14H24N2O2S2. The molecule has 1 saturated carbocycles. The van der Waals surface area contributed by atoms with Crippen LogP contribution in [-0.4, -0.2) is 20.5 Å². The fourth-order valence-corrected chi connectivity index (χ4v) is 5.41. The van der Waals surface area contributed by atoms with E-state index < -0.39 is 10.0 Å². The van der Waals surface area contributed by atoms with Gasteiger partial charge in [0, 0.05) is 17.0 Å². The van der Waals surface area contributed by atoms with Gasteiger partial charge in [-0.25, -0.2) is 13.1 Å². The SMILES string of the molecule is CCCNCc1ccc(S(=O)(=O)NC2(C)CCCC2)s1. The van der Waals surface area contributed by atoms with Crippen LogP contribution in [0.4, 0.5) is 0 Å². The van der Waals surface area contributed by atoms with Gasteiger partial charge in [-0.3, -0.25) is 0 Å². The molecule has 1 aliphatic rings. The Morgan fingerprint density at radius 2 is 2.00 bits per heavy atom. The summed E-state index contributed by atoms with van der Waals surface area (Å²) in [5.41, 5.74) is -0.260. The van der Waals surface area contributed by atoms with Gasteiger partial charge in [-0.15, -0.1) is 11.3 Å². The predicted molar refractivity (Wildman–Crippen MR) is 83.5 cm³/mol. The van der Waals surface area contributed by atoms with E-state index in [1.165, 1.54) is 11.3 Å². The standard InChI is InChI=1S/C14H24N2O2S2/c1-3-10-15-11-12-6-7-13(19-12)20(17,18)16-14(2)8-4-5-9-14/h6-7,15-16H,3-5,8-11H2,1-2H3. The second-order valence-corrected chi connectivity index (χ2v) is 8.85. The Labute approximate surface area is 126 Å². The molecule has 2 rings (SSSR count). The summed E-state index contributed by atoms with van der Waals surface area (Å²) in [7, 11) is -3.37. The highest BCUT2D eigenvalue weighted by Gasteiger charge is 2.34. The minimum Gasteiger partial charge on any atom is -0.312 e. The summed E-state index contributed by atoms with van der Waals surface area (Å²) in [6.45, 7) is 5.82. The molecule has 4 nitrogen and oxygen atoms in total. The first kappa shape index (κ1) is 15.9. The molecule has 1 aliphatic carbocycles. The maximum atomic E-state index is 12.4. The van der Waals surface area contributed by atoms with Crippen molar-refractivity contribution in [3.8, 4) is 0 Å². The Bertz CT molecular complexity index is 531. The lowest BCUT2D eigenvalue weighted by molar-refractivity contribution is 0.428. The van der Waals surface area contributed by atoms with Gasteiger partial charge < -0.3 is 5.32 Å². The maximum Gasteiger partial charge on any atom is 0.250 e. The first-order chi connectivity index (χ1) is 9.45. The van der Waals surface area contributed by atoms with Crippen LogP contribution in [0, 0.1) is 0 Å². The Morgan fingerprint density at radius 1 is 1.30 bits per heavy atom. The van der Waals surface area contributed by atoms with Crippen LogP contribution in [0.25, 0.3) is 0 Å². The van der Waals surface area contributed by atoms with Crippen molar-refractivity contribution in [3.05, 3.63) is 17.0 Å². The third-order valence-corrected chi connectivity index (χ3v) is 6.93. The Morgan fingerprint density at radius 3 is 2.65 bits per heavy atom. The zero-order valence-electron chi connectivity index (χ0n) is 12.2. The zero-order chi connectivity index (χ0) is 14.6. The van der Waals surface area contributed by atoms with Crippen molar-refractivity contribution >= 4 is 21.4 Å². The van der Waals surface area contributed by atoms with Gasteiger partial charge in [0.1, 0.15) is 4.21 Å². The zero-order valence-corrected chi connectivity index (χ0v) is 13.9. The molecule has 6 heteroatoms. The number of thiophene rings is 1. The average Bonchev–Trinajstić information content (AvgIpc) is 2.98. The molecule has 0 spiro atoms. The number of nitrogens with one attached hydrogen (secondary N) is 2. The highest BCUT2D eigenvalue weighted by molar-refractivity contribution is 7.91. The summed E-state index contributed by atoms with van der Waals surface area (Å²) in [6, 6.07) is 3.62. The lowest BCUT2D eigenvalue weighted by atomic mass is 10.0. The second-order valence-electron chi connectivity index (χ2n) is 5.77. The van der Waals surface area contributed by atoms with Crippen LogP contribution >= 0.6 is 11.3 Å². The number of hydrogen-bond donors (Lipinski definition) is 2. The monoisotopic (exact) mass is 316 g/mol. The molecule has 1 fully saturated rings. The summed E-state index contributed by atoms with van der Waals surface area (Å²) in [5.74, 6) is 0. The van der Waals surface area contributed by atoms with Crippen LogP contribution in [0.15, 0.2) is 16.3 Å². The fourth-order valence-electron chi connectivity index (χ4n) is 2.62. The van der Waals surface area contributed by atoms with Crippen molar-refractivity contribution < 1.29 is 8.42 Å². The van der Waals surface area contributed by atoms with Crippen molar-refractivity contribution in [3.63, 3.8) is 0 Å². The van der Waals surface area contributed by atoms with E-state index in [0.29, 0.717) is 4.21 Å². The summed E-state index contributed by atoms with van der Waals surface area (Å²) in [6.07, 6.45) is 5.16.